The standard InChI is InChI=1S/C35H28F6O4/c1-3-30(42)28-17-16-27(20-29(28)32(44)45)33(34(36,37)38,35(39,40)41)26-14-12-25(13-15-26)31(43)19-24-10-8-23(9-11-24)18-22-6-4-21(2)5-7-22/h4-17,20H,3,18-19H2,1-2H3,(H,44,45). The minimum Gasteiger partial charge on any atom is -0.478 e. The Kier molecular flexibility index (Phi) is 9.37. The smallest absolute Gasteiger partial charge is 0.411 e. The van der Waals surface area contributed by atoms with Crippen LogP contribution in [0.4, 0.5) is 26.3 Å². The predicted molar refractivity (Wildman–Crippen MR) is 156 cm³/mol. The Morgan fingerprint density at radius 2 is 1.11 bits per heavy atom. The van der Waals surface area contributed by atoms with Gasteiger partial charge in [0, 0.05) is 24.0 Å². The highest BCUT2D eigenvalue weighted by Gasteiger charge is 2.72. The summed E-state index contributed by atoms with van der Waals surface area (Å²) in [5, 5.41) is 9.53. The summed E-state index contributed by atoms with van der Waals surface area (Å²) in [6.45, 7) is 3.36. The van der Waals surface area contributed by atoms with Crippen molar-refractivity contribution in [2.24, 2.45) is 0 Å². The normalized spacial score (nSPS) is 12.2. The molecule has 234 valence electrons. The average Bonchev–Trinajstić information content (AvgIpc) is 2.98. The first-order chi connectivity index (χ1) is 21.1. The van der Waals surface area contributed by atoms with Crippen molar-refractivity contribution in [3.05, 3.63) is 141 Å². The molecule has 4 aromatic rings. The van der Waals surface area contributed by atoms with Crippen LogP contribution >= 0.6 is 0 Å². The molecule has 0 atom stereocenters. The van der Waals surface area contributed by atoms with Crippen LogP contribution in [0.25, 0.3) is 0 Å². The van der Waals surface area contributed by atoms with Crippen molar-refractivity contribution in [2.45, 2.75) is 50.9 Å². The van der Waals surface area contributed by atoms with E-state index in [4.69, 9.17) is 0 Å². The number of carbonyl (C=O) groups excluding carboxylic acids is 2. The van der Waals surface area contributed by atoms with Gasteiger partial charge in [0.05, 0.1) is 5.56 Å². The summed E-state index contributed by atoms with van der Waals surface area (Å²) in [5.74, 6) is -3.13. The van der Waals surface area contributed by atoms with E-state index in [1.807, 2.05) is 43.3 Å². The number of benzene rings is 4. The van der Waals surface area contributed by atoms with E-state index in [0.29, 0.717) is 36.2 Å². The van der Waals surface area contributed by atoms with Gasteiger partial charge in [-0.3, -0.25) is 9.59 Å². The number of hydrogen-bond acceptors (Lipinski definition) is 3. The highest BCUT2D eigenvalue weighted by molar-refractivity contribution is 6.06. The number of ketones is 2. The van der Waals surface area contributed by atoms with Crippen LogP contribution in [0, 0.1) is 6.92 Å². The Labute approximate surface area is 255 Å². The Bertz CT molecular complexity index is 1690. The molecule has 0 fully saturated rings. The lowest BCUT2D eigenvalue weighted by molar-refractivity contribution is -0.288. The molecule has 1 N–H and O–H groups in total. The molecule has 0 aromatic heterocycles. The molecule has 0 saturated carbocycles. The predicted octanol–water partition coefficient (Wildman–Crippen LogP) is 8.71. The number of aromatic carboxylic acids is 1. The molecule has 4 nitrogen and oxygen atoms in total. The second-order valence-electron chi connectivity index (χ2n) is 10.7. The molecular formula is C35H28F6O4. The van der Waals surface area contributed by atoms with Gasteiger partial charge in [-0.1, -0.05) is 97.4 Å². The largest absolute Gasteiger partial charge is 0.478 e. The maximum Gasteiger partial charge on any atom is 0.411 e. The molecule has 0 aliphatic heterocycles. The molecule has 0 aliphatic carbocycles. The highest BCUT2D eigenvalue weighted by atomic mass is 19.4. The first-order valence-electron chi connectivity index (χ1n) is 13.9. The van der Waals surface area contributed by atoms with Crippen molar-refractivity contribution in [1.29, 1.82) is 0 Å². The molecule has 0 heterocycles. The fraction of sp³-hybridized carbons (Fsp3) is 0.229. The molecular weight excluding hydrogens is 598 g/mol. The van der Waals surface area contributed by atoms with E-state index < -0.39 is 57.6 Å². The van der Waals surface area contributed by atoms with E-state index in [9.17, 15) is 45.8 Å². The van der Waals surface area contributed by atoms with Gasteiger partial charge < -0.3 is 5.11 Å². The van der Waals surface area contributed by atoms with Gasteiger partial charge in [0.2, 0.25) is 5.41 Å². The van der Waals surface area contributed by atoms with E-state index >= 15 is 0 Å². The lowest BCUT2D eigenvalue weighted by atomic mass is 9.72. The zero-order valence-corrected chi connectivity index (χ0v) is 24.2. The van der Waals surface area contributed by atoms with E-state index in [1.165, 1.54) is 6.92 Å². The van der Waals surface area contributed by atoms with Gasteiger partial charge in [-0.25, -0.2) is 4.79 Å². The quantitative estimate of drug-likeness (QED) is 0.141. The summed E-state index contributed by atoms with van der Waals surface area (Å²) >= 11 is 0. The van der Waals surface area contributed by atoms with Gasteiger partial charge in [-0.15, -0.1) is 0 Å². The van der Waals surface area contributed by atoms with Crippen molar-refractivity contribution in [3.63, 3.8) is 0 Å². The molecule has 4 aromatic carbocycles. The van der Waals surface area contributed by atoms with Crippen molar-refractivity contribution >= 4 is 17.5 Å². The second-order valence-corrected chi connectivity index (χ2v) is 10.7. The SMILES string of the molecule is CCC(=O)c1ccc(C(c2ccc(C(=O)Cc3ccc(Cc4ccc(C)cc4)cc3)cc2)(C(F)(F)F)C(F)(F)F)cc1C(=O)O. The van der Waals surface area contributed by atoms with E-state index in [-0.39, 0.29) is 24.5 Å². The van der Waals surface area contributed by atoms with E-state index in [1.54, 1.807) is 12.1 Å². The summed E-state index contributed by atoms with van der Waals surface area (Å²) in [6, 6.07) is 19.5. The molecule has 0 spiro atoms. The molecule has 0 saturated heterocycles. The minimum atomic E-state index is -5.98. The van der Waals surface area contributed by atoms with Crippen molar-refractivity contribution in [1.82, 2.24) is 0 Å². The third-order valence-corrected chi connectivity index (χ3v) is 7.71. The van der Waals surface area contributed by atoms with Crippen LogP contribution in [0.5, 0.6) is 0 Å². The highest BCUT2D eigenvalue weighted by Crippen LogP contribution is 2.56. The second kappa shape index (κ2) is 12.7. The van der Waals surface area contributed by atoms with Crippen LogP contribution in [-0.2, 0) is 18.3 Å². The Morgan fingerprint density at radius 1 is 0.622 bits per heavy atom. The number of halogens is 6. The fourth-order valence-corrected chi connectivity index (χ4v) is 5.28. The van der Waals surface area contributed by atoms with E-state index in [2.05, 4.69) is 0 Å². The van der Waals surface area contributed by atoms with Gasteiger partial charge in [-0.2, -0.15) is 26.3 Å². The molecule has 0 amide bonds. The third-order valence-electron chi connectivity index (χ3n) is 7.71. The van der Waals surface area contributed by atoms with E-state index in [0.717, 1.165) is 28.8 Å². The van der Waals surface area contributed by atoms with Crippen LogP contribution in [0.1, 0.15) is 77.8 Å². The lowest BCUT2D eigenvalue weighted by Gasteiger charge is -2.38. The monoisotopic (exact) mass is 626 g/mol. The molecule has 0 aliphatic rings. The molecule has 45 heavy (non-hydrogen) atoms. The van der Waals surface area contributed by atoms with Crippen molar-refractivity contribution in [3.8, 4) is 0 Å². The molecule has 4 rings (SSSR count). The van der Waals surface area contributed by atoms with Gasteiger partial charge in [0.1, 0.15) is 0 Å². The first-order valence-corrected chi connectivity index (χ1v) is 13.9. The summed E-state index contributed by atoms with van der Waals surface area (Å²) in [6.07, 6.45) is -11.6. The maximum atomic E-state index is 14.6. The number of alkyl halides is 6. The maximum absolute atomic E-state index is 14.6. The molecule has 0 bridgehead atoms. The Hall–Kier alpha value is -4.73. The van der Waals surface area contributed by atoms with Gasteiger partial charge in [-0.05, 0) is 47.2 Å². The van der Waals surface area contributed by atoms with Gasteiger partial charge in [0.15, 0.2) is 11.6 Å². The Morgan fingerprint density at radius 3 is 1.60 bits per heavy atom. The zero-order valence-electron chi connectivity index (χ0n) is 24.2. The topological polar surface area (TPSA) is 71.4 Å². The summed E-state index contributed by atoms with van der Waals surface area (Å²) in [7, 11) is 0. The minimum absolute atomic E-state index is 0.101. The fourth-order valence-electron chi connectivity index (χ4n) is 5.28. The summed E-state index contributed by atoms with van der Waals surface area (Å²) < 4.78 is 87.8. The average molecular weight is 627 g/mol. The third kappa shape index (κ3) is 6.69. The van der Waals surface area contributed by atoms with Gasteiger partial charge in [0.25, 0.3) is 0 Å². The number of carboxylic acids is 1. The zero-order chi connectivity index (χ0) is 33.2. The number of rotatable bonds is 10. The number of aryl methyl sites for hydroxylation is 1. The Balaban J connectivity index is 1.66. The number of carboxylic acid groups (broad SMARTS) is 1. The van der Waals surface area contributed by atoms with Crippen LogP contribution in [0.15, 0.2) is 91.0 Å². The lowest BCUT2D eigenvalue weighted by Crippen LogP contribution is -2.54. The van der Waals surface area contributed by atoms with Crippen LogP contribution in [0.3, 0.4) is 0 Å². The van der Waals surface area contributed by atoms with Crippen LogP contribution < -0.4 is 0 Å². The van der Waals surface area contributed by atoms with Crippen LogP contribution in [0.2, 0.25) is 0 Å². The van der Waals surface area contributed by atoms with Crippen molar-refractivity contribution in [2.75, 3.05) is 0 Å². The van der Waals surface area contributed by atoms with Gasteiger partial charge >= 0.3 is 18.3 Å². The summed E-state index contributed by atoms with van der Waals surface area (Å²) in [4.78, 5) is 36.9. The number of Topliss-reactive ketones (excluding diaryl/α,β-unsaturated/α-hetero) is 2. The number of hydrogen-bond donors (Lipinski definition) is 1. The van der Waals surface area contributed by atoms with Crippen molar-refractivity contribution < 1.29 is 45.8 Å². The number of carbonyl (C=O) groups is 3. The molecule has 10 heteroatoms. The first kappa shape index (κ1) is 33.2. The molecule has 0 unspecified atom stereocenters. The molecule has 0 radical (unpaired) electrons. The summed E-state index contributed by atoms with van der Waals surface area (Å²) in [5.41, 5.74) is -5.07. The van der Waals surface area contributed by atoms with Crippen LogP contribution in [-0.4, -0.2) is 35.0 Å².